The molecule has 2 N–H and O–H groups in total. The van der Waals surface area contributed by atoms with Crippen LogP contribution >= 0.6 is 11.3 Å². The molecule has 1 aromatic heterocycles. The molecule has 5 heteroatoms. The summed E-state index contributed by atoms with van der Waals surface area (Å²) in [6.45, 7) is 2.44. The van der Waals surface area contributed by atoms with E-state index in [0.717, 1.165) is 24.8 Å². The van der Waals surface area contributed by atoms with E-state index >= 15 is 0 Å². The summed E-state index contributed by atoms with van der Waals surface area (Å²) in [7, 11) is 0. The zero-order valence-electron chi connectivity index (χ0n) is 13.0. The summed E-state index contributed by atoms with van der Waals surface area (Å²) < 4.78 is 5.42. The zero-order chi connectivity index (χ0) is 16.4. The molecule has 0 bridgehead atoms. The number of carbonyl (C=O) groups is 2. The summed E-state index contributed by atoms with van der Waals surface area (Å²) in [5, 5.41) is 1.92. The van der Waals surface area contributed by atoms with Crippen LogP contribution in [0.5, 0.6) is 0 Å². The van der Waals surface area contributed by atoms with E-state index in [1.165, 1.54) is 10.4 Å². The Morgan fingerprint density at radius 2 is 2.04 bits per heavy atom. The van der Waals surface area contributed by atoms with Gasteiger partial charge >= 0.3 is 5.97 Å². The van der Waals surface area contributed by atoms with E-state index in [1.54, 1.807) is 35.6 Å². The molecule has 1 heterocycles. The molecule has 0 fully saturated rings. The molecule has 0 radical (unpaired) electrons. The molecular weight excluding hydrogens is 310 g/mol. The predicted octanol–water partition coefficient (Wildman–Crippen LogP) is 3.33. The molecule has 0 saturated heterocycles. The molecule has 2 aromatic rings. The number of benzene rings is 1. The van der Waals surface area contributed by atoms with Crippen molar-refractivity contribution < 1.29 is 14.3 Å². The minimum Gasteiger partial charge on any atom is -0.457 e. The van der Waals surface area contributed by atoms with Crippen molar-refractivity contribution in [3.63, 3.8) is 0 Å². The molecule has 1 aromatic carbocycles. The lowest BCUT2D eigenvalue weighted by atomic mass is 9.88. The molecule has 1 amide bonds. The van der Waals surface area contributed by atoms with Gasteiger partial charge in [-0.3, -0.25) is 4.79 Å². The Morgan fingerprint density at radius 3 is 2.74 bits per heavy atom. The van der Waals surface area contributed by atoms with Crippen molar-refractivity contribution in [2.24, 2.45) is 11.7 Å². The molecule has 1 aliphatic rings. The summed E-state index contributed by atoms with van der Waals surface area (Å²) in [5.41, 5.74) is 8.36. The van der Waals surface area contributed by atoms with Gasteiger partial charge in [0, 0.05) is 15.8 Å². The number of hydrogen-bond acceptors (Lipinski definition) is 4. The van der Waals surface area contributed by atoms with Crippen molar-refractivity contribution in [3.8, 4) is 0 Å². The Morgan fingerprint density at radius 1 is 1.30 bits per heavy atom. The van der Waals surface area contributed by atoms with E-state index in [-0.39, 0.29) is 12.6 Å². The lowest BCUT2D eigenvalue weighted by Crippen LogP contribution is -2.13. The SMILES string of the molecule is C[C@@H]1CCc2c(C(=O)OCc3ccc(C(N)=O)cc3)csc2C1. The largest absolute Gasteiger partial charge is 0.457 e. The summed E-state index contributed by atoms with van der Waals surface area (Å²) in [5.74, 6) is -0.0440. The smallest absolute Gasteiger partial charge is 0.339 e. The Kier molecular flexibility index (Phi) is 4.48. The van der Waals surface area contributed by atoms with Crippen LogP contribution in [-0.2, 0) is 24.2 Å². The molecule has 1 aliphatic carbocycles. The first-order chi connectivity index (χ1) is 11.0. The topological polar surface area (TPSA) is 69.4 Å². The first-order valence-corrected chi connectivity index (χ1v) is 8.57. The number of esters is 1. The van der Waals surface area contributed by atoms with Gasteiger partial charge < -0.3 is 10.5 Å². The van der Waals surface area contributed by atoms with Gasteiger partial charge in [0.1, 0.15) is 6.61 Å². The average molecular weight is 329 g/mol. The molecule has 0 aliphatic heterocycles. The van der Waals surface area contributed by atoms with Gasteiger partial charge in [-0.15, -0.1) is 11.3 Å². The number of hydrogen-bond donors (Lipinski definition) is 1. The molecule has 0 unspecified atom stereocenters. The number of rotatable bonds is 4. The quantitative estimate of drug-likeness (QED) is 0.875. The predicted molar refractivity (Wildman–Crippen MR) is 89.6 cm³/mol. The minimum absolute atomic E-state index is 0.193. The second kappa shape index (κ2) is 6.54. The summed E-state index contributed by atoms with van der Waals surface area (Å²) in [6, 6.07) is 6.77. The van der Waals surface area contributed by atoms with E-state index in [1.807, 2.05) is 5.38 Å². The number of thiophene rings is 1. The van der Waals surface area contributed by atoms with Gasteiger partial charge in [0.15, 0.2) is 0 Å². The monoisotopic (exact) mass is 329 g/mol. The van der Waals surface area contributed by atoms with Gasteiger partial charge in [0.05, 0.1) is 5.56 Å². The lowest BCUT2D eigenvalue weighted by molar-refractivity contribution is 0.0471. The zero-order valence-corrected chi connectivity index (χ0v) is 13.8. The van der Waals surface area contributed by atoms with Crippen molar-refractivity contribution in [1.82, 2.24) is 0 Å². The van der Waals surface area contributed by atoms with E-state index in [4.69, 9.17) is 10.5 Å². The third kappa shape index (κ3) is 3.45. The Hall–Kier alpha value is -2.14. The Bertz CT molecular complexity index is 733. The van der Waals surface area contributed by atoms with Crippen LogP contribution in [0.25, 0.3) is 0 Å². The highest BCUT2D eigenvalue weighted by molar-refractivity contribution is 7.10. The van der Waals surface area contributed by atoms with E-state index in [9.17, 15) is 9.59 Å². The molecule has 120 valence electrons. The van der Waals surface area contributed by atoms with Crippen molar-refractivity contribution in [3.05, 3.63) is 56.8 Å². The van der Waals surface area contributed by atoms with Gasteiger partial charge in [-0.2, -0.15) is 0 Å². The fourth-order valence-electron chi connectivity index (χ4n) is 2.84. The van der Waals surface area contributed by atoms with Crippen LogP contribution in [0.1, 0.15) is 50.1 Å². The normalized spacial score (nSPS) is 16.7. The number of fused-ring (bicyclic) bond motifs is 1. The Labute approximate surface area is 139 Å². The fourth-order valence-corrected chi connectivity index (χ4v) is 4.07. The van der Waals surface area contributed by atoms with Gasteiger partial charge in [-0.25, -0.2) is 4.79 Å². The van der Waals surface area contributed by atoms with Crippen LogP contribution in [0.4, 0.5) is 0 Å². The second-order valence-electron chi connectivity index (χ2n) is 6.04. The lowest BCUT2D eigenvalue weighted by Gasteiger charge is -2.18. The highest BCUT2D eigenvalue weighted by Crippen LogP contribution is 2.33. The molecule has 0 spiro atoms. The number of amides is 1. The highest BCUT2D eigenvalue weighted by atomic mass is 32.1. The molecule has 23 heavy (non-hydrogen) atoms. The van der Waals surface area contributed by atoms with Gasteiger partial charge in [0.25, 0.3) is 0 Å². The van der Waals surface area contributed by atoms with E-state index < -0.39 is 5.91 Å². The molecule has 1 atom stereocenters. The third-order valence-electron chi connectivity index (χ3n) is 4.23. The molecule has 3 rings (SSSR count). The average Bonchev–Trinajstić information content (AvgIpc) is 2.96. The summed E-state index contributed by atoms with van der Waals surface area (Å²) >= 11 is 1.66. The van der Waals surface area contributed by atoms with Crippen LogP contribution in [0.3, 0.4) is 0 Å². The maximum atomic E-state index is 12.3. The van der Waals surface area contributed by atoms with Crippen LogP contribution in [0.15, 0.2) is 29.6 Å². The van der Waals surface area contributed by atoms with Crippen LogP contribution in [0.2, 0.25) is 0 Å². The second-order valence-corrected chi connectivity index (χ2v) is 7.00. The minimum atomic E-state index is -0.465. The molecule has 4 nitrogen and oxygen atoms in total. The fraction of sp³-hybridized carbons (Fsp3) is 0.333. The summed E-state index contributed by atoms with van der Waals surface area (Å²) in [6.07, 6.45) is 3.14. The first kappa shape index (κ1) is 15.7. The van der Waals surface area contributed by atoms with Crippen molar-refractivity contribution >= 4 is 23.2 Å². The molecule has 0 saturated carbocycles. The molecular formula is C18H19NO3S. The van der Waals surface area contributed by atoms with Crippen molar-refractivity contribution in [1.29, 1.82) is 0 Å². The van der Waals surface area contributed by atoms with Gasteiger partial charge in [0.2, 0.25) is 5.91 Å². The van der Waals surface area contributed by atoms with Crippen LogP contribution in [0, 0.1) is 5.92 Å². The van der Waals surface area contributed by atoms with E-state index in [0.29, 0.717) is 17.0 Å². The van der Waals surface area contributed by atoms with Crippen LogP contribution in [-0.4, -0.2) is 11.9 Å². The first-order valence-electron chi connectivity index (χ1n) is 7.69. The number of nitrogens with two attached hydrogens (primary N) is 1. The van der Waals surface area contributed by atoms with Gasteiger partial charge in [-0.1, -0.05) is 19.1 Å². The number of carbonyl (C=O) groups excluding carboxylic acids is 2. The van der Waals surface area contributed by atoms with Crippen LogP contribution < -0.4 is 5.73 Å². The number of ether oxygens (including phenoxy) is 1. The van der Waals surface area contributed by atoms with Crippen molar-refractivity contribution in [2.75, 3.05) is 0 Å². The van der Waals surface area contributed by atoms with Crippen molar-refractivity contribution in [2.45, 2.75) is 32.8 Å². The number of primary amides is 1. The maximum Gasteiger partial charge on any atom is 0.339 e. The van der Waals surface area contributed by atoms with E-state index in [2.05, 4.69) is 6.92 Å². The van der Waals surface area contributed by atoms with Gasteiger partial charge in [-0.05, 0) is 48.4 Å². The Balaban J connectivity index is 1.65. The standard InChI is InChI=1S/C18H19NO3S/c1-11-2-7-14-15(10-23-16(14)8-11)18(21)22-9-12-3-5-13(6-4-12)17(19)20/h3-6,10-11H,2,7-9H2,1H3,(H2,19,20)/t11-/m1/s1. The maximum absolute atomic E-state index is 12.3. The highest BCUT2D eigenvalue weighted by Gasteiger charge is 2.23. The summed E-state index contributed by atoms with van der Waals surface area (Å²) in [4.78, 5) is 24.7. The third-order valence-corrected chi connectivity index (χ3v) is 5.28.